The van der Waals surface area contributed by atoms with E-state index in [9.17, 15) is 9.36 Å². The topological polar surface area (TPSA) is 46.2 Å². The summed E-state index contributed by atoms with van der Waals surface area (Å²) in [4.78, 5) is 12.4. The number of benzene rings is 3. The molecule has 0 spiro atoms. The Bertz CT molecular complexity index is 1140. The van der Waals surface area contributed by atoms with E-state index in [-0.39, 0.29) is 5.91 Å². The van der Waals surface area contributed by atoms with Crippen LogP contribution in [0.3, 0.4) is 0 Å². The van der Waals surface area contributed by atoms with E-state index in [0.717, 1.165) is 53.1 Å². The van der Waals surface area contributed by atoms with Gasteiger partial charge >= 0.3 is 0 Å². The maximum Gasteiger partial charge on any atom is 0.248 e. The van der Waals surface area contributed by atoms with E-state index in [4.69, 9.17) is 0 Å². The van der Waals surface area contributed by atoms with Crippen molar-refractivity contribution in [3.63, 3.8) is 0 Å². The molecule has 32 heavy (non-hydrogen) atoms. The highest BCUT2D eigenvalue weighted by atomic mass is 31.2. The Kier molecular flexibility index (Phi) is 7.07. The van der Waals surface area contributed by atoms with Gasteiger partial charge in [0.1, 0.15) is 0 Å². The van der Waals surface area contributed by atoms with Crippen molar-refractivity contribution < 1.29 is 9.36 Å². The fraction of sp³-hybridized carbons (Fsp3) is 0.250. The van der Waals surface area contributed by atoms with Crippen molar-refractivity contribution in [2.75, 3.05) is 17.6 Å². The zero-order chi connectivity index (χ0) is 22.4. The zero-order valence-corrected chi connectivity index (χ0v) is 19.5. The van der Waals surface area contributed by atoms with Crippen LogP contribution in [0.25, 0.3) is 17.2 Å². The molecule has 1 fully saturated rings. The molecule has 164 valence electrons. The minimum absolute atomic E-state index is 0.168. The summed E-state index contributed by atoms with van der Waals surface area (Å²) in [5, 5.41) is 2.91. The third-order valence-corrected chi connectivity index (χ3v) is 9.23. The smallest absolute Gasteiger partial charge is 0.248 e. The van der Waals surface area contributed by atoms with Crippen LogP contribution in [-0.4, -0.2) is 18.2 Å². The molecule has 3 aromatic carbocycles. The quantitative estimate of drug-likeness (QED) is 0.319. The lowest BCUT2D eigenvalue weighted by Gasteiger charge is -2.22. The third-order valence-electron chi connectivity index (χ3n) is 6.02. The van der Waals surface area contributed by atoms with Gasteiger partial charge in [-0.2, -0.15) is 0 Å². The third kappa shape index (κ3) is 6.08. The highest BCUT2D eigenvalue weighted by Gasteiger charge is 2.24. The van der Waals surface area contributed by atoms with Gasteiger partial charge in [-0.3, -0.25) is 4.79 Å². The Morgan fingerprint density at radius 3 is 2.34 bits per heavy atom. The maximum atomic E-state index is 12.9. The zero-order valence-electron chi connectivity index (χ0n) is 18.6. The number of anilines is 1. The van der Waals surface area contributed by atoms with Crippen LogP contribution in [0.5, 0.6) is 0 Å². The van der Waals surface area contributed by atoms with Crippen LogP contribution >= 0.6 is 7.14 Å². The number of carbonyl (C=O) groups excluding carboxylic acids is 1. The molecule has 0 bridgehead atoms. The van der Waals surface area contributed by atoms with E-state index < -0.39 is 7.14 Å². The molecule has 3 aromatic rings. The Morgan fingerprint density at radius 2 is 1.62 bits per heavy atom. The highest BCUT2D eigenvalue weighted by Crippen LogP contribution is 2.53. The van der Waals surface area contributed by atoms with Crippen molar-refractivity contribution in [3.05, 3.63) is 95.6 Å². The molecule has 0 saturated carbocycles. The average molecular weight is 444 g/mol. The second kappa shape index (κ2) is 10.1. The SMILES string of the molecule is Cc1ccc(-c2cccc(/C=C/C(=O)Nc3ccc(CP4(=O)CCCCC4)cc3)c2)cc1. The molecule has 1 amide bonds. The Balaban J connectivity index is 1.36. The van der Waals surface area contributed by atoms with E-state index in [0.29, 0.717) is 6.16 Å². The lowest BCUT2D eigenvalue weighted by atomic mass is 10.0. The first-order valence-electron chi connectivity index (χ1n) is 11.3. The number of carbonyl (C=O) groups is 1. The molecule has 4 heteroatoms. The summed E-state index contributed by atoms with van der Waals surface area (Å²) in [6.45, 7) is 2.08. The van der Waals surface area contributed by atoms with Gasteiger partial charge in [0, 0.05) is 30.2 Å². The number of amides is 1. The van der Waals surface area contributed by atoms with Gasteiger partial charge in [-0.05, 0) is 66.3 Å². The first-order valence-corrected chi connectivity index (χ1v) is 13.6. The predicted molar refractivity (Wildman–Crippen MR) is 136 cm³/mol. The first-order chi connectivity index (χ1) is 15.5. The average Bonchev–Trinajstić information content (AvgIpc) is 2.80. The number of nitrogens with one attached hydrogen (secondary N) is 1. The summed E-state index contributed by atoms with van der Waals surface area (Å²) in [6.07, 6.45) is 9.20. The Morgan fingerprint density at radius 1 is 0.906 bits per heavy atom. The summed E-state index contributed by atoms with van der Waals surface area (Å²) < 4.78 is 12.9. The second-order valence-corrected chi connectivity index (χ2v) is 12.1. The molecule has 4 rings (SSSR count). The maximum absolute atomic E-state index is 12.9. The molecule has 1 heterocycles. The second-order valence-electron chi connectivity index (χ2n) is 8.74. The summed E-state index contributed by atoms with van der Waals surface area (Å²) in [5.41, 5.74) is 6.34. The van der Waals surface area contributed by atoms with Crippen molar-refractivity contribution in [2.24, 2.45) is 0 Å². The van der Waals surface area contributed by atoms with Crippen molar-refractivity contribution in [3.8, 4) is 11.1 Å². The molecule has 0 radical (unpaired) electrons. The minimum Gasteiger partial charge on any atom is -0.323 e. The standard InChI is InChI=1S/C28H30NO2P/c1-22-8-13-25(14-9-22)26-7-5-6-23(20-26)12-17-28(30)29-27-15-10-24(11-16-27)21-32(31)18-3-2-4-19-32/h5-17,20H,2-4,18-19,21H2,1H3,(H,29,30)/b17-12+. The molecule has 3 nitrogen and oxygen atoms in total. The molecular weight excluding hydrogens is 413 g/mol. The Labute approximate surface area is 191 Å². The van der Waals surface area contributed by atoms with Crippen LogP contribution in [0, 0.1) is 6.92 Å². The Hall–Kier alpha value is -2.90. The molecule has 0 aliphatic carbocycles. The fourth-order valence-electron chi connectivity index (χ4n) is 4.20. The van der Waals surface area contributed by atoms with Gasteiger partial charge in [-0.15, -0.1) is 0 Å². The van der Waals surface area contributed by atoms with Gasteiger partial charge in [-0.1, -0.05) is 66.6 Å². The molecule has 0 atom stereocenters. The van der Waals surface area contributed by atoms with Gasteiger partial charge in [0.2, 0.25) is 5.91 Å². The van der Waals surface area contributed by atoms with Crippen molar-refractivity contribution in [1.29, 1.82) is 0 Å². The van der Waals surface area contributed by atoms with Gasteiger partial charge in [0.05, 0.1) is 7.14 Å². The first kappa shape index (κ1) is 22.3. The lowest BCUT2D eigenvalue weighted by Crippen LogP contribution is -2.08. The lowest BCUT2D eigenvalue weighted by molar-refractivity contribution is -0.111. The van der Waals surface area contributed by atoms with E-state index >= 15 is 0 Å². The molecule has 0 aromatic heterocycles. The number of hydrogen-bond donors (Lipinski definition) is 1. The highest BCUT2D eigenvalue weighted by molar-refractivity contribution is 7.63. The molecule has 1 N–H and O–H groups in total. The van der Waals surface area contributed by atoms with Crippen LogP contribution in [0.4, 0.5) is 5.69 Å². The van der Waals surface area contributed by atoms with Crippen LogP contribution in [0.15, 0.2) is 78.9 Å². The summed E-state index contributed by atoms with van der Waals surface area (Å²) >= 11 is 0. The van der Waals surface area contributed by atoms with Gasteiger partial charge < -0.3 is 9.88 Å². The van der Waals surface area contributed by atoms with Gasteiger partial charge in [0.15, 0.2) is 0 Å². The van der Waals surface area contributed by atoms with E-state index in [2.05, 4.69) is 48.6 Å². The van der Waals surface area contributed by atoms with Crippen LogP contribution in [0.2, 0.25) is 0 Å². The normalized spacial score (nSPS) is 15.5. The van der Waals surface area contributed by atoms with Gasteiger partial charge in [0.25, 0.3) is 0 Å². The summed E-state index contributed by atoms with van der Waals surface area (Å²) in [7, 11) is -2.05. The van der Waals surface area contributed by atoms with Crippen LogP contribution in [0.1, 0.15) is 36.0 Å². The van der Waals surface area contributed by atoms with Crippen molar-refractivity contribution in [2.45, 2.75) is 32.3 Å². The van der Waals surface area contributed by atoms with E-state index in [1.54, 1.807) is 6.08 Å². The number of hydrogen-bond acceptors (Lipinski definition) is 2. The summed E-state index contributed by atoms with van der Waals surface area (Å²) in [6, 6.07) is 24.3. The molecule has 1 saturated heterocycles. The monoisotopic (exact) mass is 443 g/mol. The largest absolute Gasteiger partial charge is 0.323 e. The van der Waals surface area contributed by atoms with Gasteiger partial charge in [-0.25, -0.2) is 0 Å². The number of rotatable bonds is 6. The fourth-order valence-corrected chi connectivity index (χ4v) is 7.21. The summed E-state index contributed by atoms with van der Waals surface area (Å²) in [5.74, 6) is -0.168. The van der Waals surface area contributed by atoms with E-state index in [1.807, 2.05) is 42.5 Å². The molecule has 0 unspecified atom stereocenters. The van der Waals surface area contributed by atoms with Crippen LogP contribution in [-0.2, 0) is 15.5 Å². The molecule has 1 aliphatic rings. The predicted octanol–water partition coefficient (Wildman–Crippen LogP) is 7.36. The van der Waals surface area contributed by atoms with Crippen molar-refractivity contribution >= 4 is 24.8 Å². The molecule has 1 aliphatic heterocycles. The van der Waals surface area contributed by atoms with E-state index in [1.165, 1.54) is 12.0 Å². The molecular formula is C28H30NO2P. The van der Waals surface area contributed by atoms with Crippen molar-refractivity contribution in [1.82, 2.24) is 0 Å². The number of aryl methyl sites for hydroxylation is 1. The van der Waals surface area contributed by atoms with Crippen LogP contribution < -0.4 is 5.32 Å². The minimum atomic E-state index is -2.05.